The minimum Gasteiger partial charge on any atom is -0.496 e. The number of hydrogen-bond donors (Lipinski definition) is 1. The lowest BCUT2D eigenvalue weighted by Crippen LogP contribution is -2.26. The fraction of sp³-hybridized carbons (Fsp3) is 0.444. The topological polar surface area (TPSA) is 21.3 Å². The Kier molecular flexibility index (Phi) is 5.02. The molecule has 0 spiro atoms. The Morgan fingerprint density at radius 1 is 1.05 bits per heavy atom. The van der Waals surface area contributed by atoms with Gasteiger partial charge < -0.3 is 10.1 Å². The summed E-state index contributed by atoms with van der Waals surface area (Å²) in [6.45, 7) is 7.79. The Balaban J connectivity index is 2.52. The largest absolute Gasteiger partial charge is 0.496 e. The fourth-order valence-electron chi connectivity index (χ4n) is 2.75. The maximum Gasteiger partial charge on any atom is 0.126 e. The van der Waals surface area contributed by atoms with Crippen LogP contribution in [0.25, 0.3) is 10.8 Å². The van der Waals surface area contributed by atoms with Gasteiger partial charge in [0.2, 0.25) is 0 Å². The zero-order chi connectivity index (χ0) is 14.5. The van der Waals surface area contributed by atoms with Crippen molar-refractivity contribution in [2.75, 3.05) is 13.7 Å². The molecule has 0 aliphatic carbocycles. The van der Waals surface area contributed by atoms with Crippen molar-refractivity contribution in [3.05, 3.63) is 42.0 Å². The first kappa shape index (κ1) is 14.9. The molecule has 2 aromatic carbocycles. The molecule has 0 amide bonds. The molecule has 0 aliphatic rings. The van der Waals surface area contributed by atoms with Crippen molar-refractivity contribution in [2.24, 2.45) is 5.92 Å². The van der Waals surface area contributed by atoms with Crippen LogP contribution in [0.15, 0.2) is 36.4 Å². The van der Waals surface area contributed by atoms with Gasteiger partial charge in [0, 0.05) is 11.4 Å². The second-order valence-corrected chi connectivity index (χ2v) is 5.58. The van der Waals surface area contributed by atoms with E-state index in [-0.39, 0.29) is 0 Å². The molecule has 2 rings (SSSR count). The number of rotatable bonds is 6. The minimum absolute atomic E-state index is 0.380. The number of methoxy groups -OCH3 is 1. The first-order chi connectivity index (χ1) is 9.69. The first-order valence-corrected chi connectivity index (χ1v) is 7.48. The standard InChI is InChI=1S/C18H25NO/c1-5-12-19-18(13(2)3)16-10-11-17(20-4)15-9-7-6-8-14(15)16/h6-11,13,18-19H,5,12H2,1-4H3. The molecule has 2 heteroatoms. The van der Waals surface area contributed by atoms with Crippen LogP contribution >= 0.6 is 0 Å². The van der Waals surface area contributed by atoms with Gasteiger partial charge in [-0.1, -0.05) is 51.1 Å². The van der Waals surface area contributed by atoms with E-state index >= 15 is 0 Å². The molecule has 0 bridgehead atoms. The lowest BCUT2D eigenvalue weighted by molar-refractivity contribution is 0.410. The van der Waals surface area contributed by atoms with Crippen LogP contribution in [-0.4, -0.2) is 13.7 Å². The maximum atomic E-state index is 5.48. The van der Waals surface area contributed by atoms with Gasteiger partial charge in [0.25, 0.3) is 0 Å². The summed E-state index contributed by atoms with van der Waals surface area (Å²) in [7, 11) is 1.73. The number of benzene rings is 2. The molecule has 0 fully saturated rings. The summed E-state index contributed by atoms with van der Waals surface area (Å²) < 4.78 is 5.48. The molecule has 1 atom stereocenters. The molecule has 2 nitrogen and oxygen atoms in total. The van der Waals surface area contributed by atoms with Crippen molar-refractivity contribution in [2.45, 2.75) is 33.2 Å². The summed E-state index contributed by atoms with van der Waals surface area (Å²) >= 11 is 0. The van der Waals surface area contributed by atoms with E-state index in [0.29, 0.717) is 12.0 Å². The molecule has 0 aromatic heterocycles. The normalized spacial score (nSPS) is 12.8. The van der Waals surface area contributed by atoms with Gasteiger partial charge in [-0.25, -0.2) is 0 Å². The third-order valence-corrected chi connectivity index (χ3v) is 3.75. The summed E-state index contributed by atoms with van der Waals surface area (Å²) in [5.41, 5.74) is 1.37. The average Bonchev–Trinajstić information content (AvgIpc) is 2.47. The van der Waals surface area contributed by atoms with Crippen molar-refractivity contribution in [1.29, 1.82) is 0 Å². The van der Waals surface area contributed by atoms with E-state index in [1.165, 1.54) is 16.3 Å². The molecular formula is C18H25NO. The van der Waals surface area contributed by atoms with Crippen molar-refractivity contribution in [1.82, 2.24) is 5.32 Å². The van der Waals surface area contributed by atoms with Crippen LogP contribution in [0.2, 0.25) is 0 Å². The highest BCUT2D eigenvalue weighted by Crippen LogP contribution is 2.34. The van der Waals surface area contributed by atoms with E-state index in [0.717, 1.165) is 18.7 Å². The fourth-order valence-corrected chi connectivity index (χ4v) is 2.75. The molecule has 20 heavy (non-hydrogen) atoms. The molecule has 0 saturated heterocycles. The predicted molar refractivity (Wildman–Crippen MR) is 86.4 cm³/mol. The van der Waals surface area contributed by atoms with Crippen LogP contribution in [0.3, 0.4) is 0 Å². The van der Waals surface area contributed by atoms with Gasteiger partial charge in [0.05, 0.1) is 7.11 Å². The Morgan fingerprint density at radius 2 is 1.75 bits per heavy atom. The highest BCUT2D eigenvalue weighted by Gasteiger charge is 2.18. The summed E-state index contributed by atoms with van der Waals surface area (Å²) in [6.07, 6.45) is 1.15. The monoisotopic (exact) mass is 271 g/mol. The lowest BCUT2D eigenvalue weighted by atomic mass is 9.91. The SMILES string of the molecule is CCCNC(c1ccc(OC)c2ccccc12)C(C)C. The van der Waals surface area contributed by atoms with Crippen LogP contribution in [0.4, 0.5) is 0 Å². The van der Waals surface area contributed by atoms with Gasteiger partial charge in [-0.15, -0.1) is 0 Å². The van der Waals surface area contributed by atoms with Crippen LogP contribution in [0.1, 0.15) is 38.8 Å². The summed E-state index contributed by atoms with van der Waals surface area (Å²) in [5.74, 6) is 1.50. The van der Waals surface area contributed by atoms with Crippen molar-refractivity contribution >= 4 is 10.8 Å². The number of nitrogens with one attached hydrogen (secondary N) is 1. The van der Waals surface area contributed by atoms with Gasteiger partial charge in [0.1, 0.15) is 5.75 Å². The zero-order valence-electron chi connectivity index (χ0n) is 12.9. The maximum absolute atomic E-state index is 5.48. The second-order valence-electron chi connectivity index (χ2n) is 5.58. The van der Waals surface area contributed by atoms with Crippen LogP contribution < -0.4 is 10.1 Å². The molecular weight excluding hydrogens is 246 g/mol. The molecule has 2 aromatic rings. The second kappa shape index (κ2) is 6.76. The molecule has 0 saturated carbocycles. The van der Waals surface area contributed by atoms with Crippen LogP contribution in [0, 0.1) is 5.92 Å². The van der Waals surface area contributed by atoms with E-state index in [9.17, 15) is 0 Å². The Hall–Kier alpha value is -1.54. The molecule has 108 valence electrons. The zero-order valence-corrected chi connectivity index (χ0v) is 12.9. The first-order valence-electron chi connectivity index (χ1n) is 7.48. The van der Waals surface area contributed by atoms with Crippen LogP contribution in [-0.2, 0) is 0 Å². The molecule has 0 heterocycles. The lowest BCUT2D eigenvalue weighted by Gasteiger charge is -2.25. The quantitative estimate of drug-likeness (QED) is 0.832. The van der Waals surface area contributed by atoms with E-state index < -0.39 is 0 Å². The summed E-state index contributed by atoms with van der Waals surface area (Å²) in [5, 5.41) is 6.15. The van der Waals surface area contributed by atoms with E-state index in [1.807, 2.05) is 0 Å². The predicted octanol–water partition coefficient (Wildman–Crippen LogP) is 4.55. The highest BCUT2D eigenvalue weighted by molar-refractivity contribution is 5.91. The summed E-state index contributed by atoms with van der Waals surface area (Å²) in [4.78, 5) is 0. The Bertz CT molecular complexity index is 562. The average molecular weight is 271 g/mol. The Morgan fingerprint density at radius 3 is 2.35 bits per heavy atom. The van der Waals surface area contributed by atoms with Crippen LogP contribution in [0.5, 0.6) is 5.75 Å². The van der Waals surface area contributed by atoms with E-state index in [1.54, 1.807) is 7.11 Å². The van der Waals surface area contributed by atoms with Crippen molar-refractivity contribution in [3.8, 4) is 5.75 Å². The molecule has 1 unspecified atom stereocenters. The van der Waals surface area contributed by atoms with Gasteiger partial charge in [0.15, 0.2) is 0 Å². The number of hydrogen-bond acceptors (Lipinski definition) is 2. The molecule has 0 aliphatic heterocycles. The van der Waals surface area contributed by atoms with Gasteiger partial charge >= 0.3 is 0 Å². The molecule has 1 N–H and O–H groups in total. The minimum atomic E-state index is 0.380. The third-order valence-electron chi connectivity index (χ3n) is 3.75. The summed E-state index contributed by atoms with van der Waals surface area (Å²) in [6, 6.07) is 13.2. The van der Waals surface area contributed by atoms with Gasteiger partial charge in [-0.3, -0.25) is 0 Å². The van der Waals surface area contributed by atoms with Gasteiger partial charge in [-0.05, 0) is 35.9 Å². The smallest absolute Gasteiger partial charge is 0.126 e. The van der Waals surface area contributed by atoms with Gasteiger partial charge in [-0.2, -0.15) is 0 Å². The number of ether oxygens (including phenoxy) is 1. The van der Waals surface area contributed by atoms with Crippen molar-refractivity contribution < 1.29 is 4.74 Å². The number of fused-ring (bicyclic) bond motifs is 1. The van der Waals surface area contributed by atoms with E-state index in [4.69, 9.17) is 4.74 Å². The highest BCUT2D eigenvalue weighted by atomic mass is 16.5. The Labute approximate surface area is 122 Å². The molecule has 0 radical (unpaired) electrons. The van der Waals surface area contributed by atoms with E-state index in [2.05, 4.69) is 62.5 Å². The third kappa shape index (κ3) is 2.96. The van der Waals surface area contributed by atoms with Crippen molar-refractivity contribution in [3.63, 3.8) is 0 Å².